The smallest absolute Gasteiger partial charge is 0.306 e. The second-order valence-corrected chi connectivity index (χ2v) is 20.1. The zero-order valence-corrected chi connectivity index (χ0v) is 42.1. The van der Waals surface area contributed by atoms with E-state index in [1.807, 2.05) is 0 Å². The van der Waals surface area contributed by atoms with Crippen LogP contribution in [0.15, 0.2) is 0 Å². The Kier molecular flexibility index (Phi) is 42.0. The van der Waals surface area contributed by atoms with E-state index in [0.717, 1.165) is 153 Å². The Labute approximate surface area is 381 Å². The lowest BCUT2D eigenvalue weighted by atomic mass is 9.84. The Morgan fingerprint density at radius 3 is 1.05 bits per heavy atom. The molecule has 0 aromatic rings. The van der Waals surface area contributed by atoms with Crippen molar-refractivity contribution in [1.29, 1.82) is 0 Å². The molecular weight excluding hydrogens is 755 g/mol. The van der Waals surface area contributed by atoms with Gasteiger partial charge in [-0.1, -0.05) is 221 Å². The molecule has 0 heterocycles. The van der Waals surface area contributed by atoms with Crippen molar-refractivity contribution in [1.82, 2.24) is 4.90 Å². The number of hydrogen-bond donors (Lipinski definition) is 3. The summed E-state index contributed by atoms with van der Waals surface area (Å²) in [5.74, 6) is -0.142. The Morgan fingerprint density at radius 1 is 0.361 bits per heavy atom. The fraction of sp³-hybridized carbons (Fsp3) is 0.964. The molecule has 4 atom stereocenters. The monoisotopic (exact) mass is 864 g/mol. The molecule has 0 spiro atoms. The van der Waals surface area contributed by atoms with Gasteiger partial charge in [0.2, 0.25) is 0 Å². The van der Waals surface area contributed by atoms with E-state index in [2.05, 4.69) is 46.4 Å². The maximum atomic E-state index is 12.2. The molecule has 364 valence electrons. The van der Waals surface area contributed by atoms with Gasteiger partial charge < -0.3 is 20.2 Å². The highest BCUT2D eigenvalue weighted by Crippen LogP contribution is 2.31. The summed E-state index contributed by atoms with van der Waals surface area (Å²) in [7, 11) is 0. The van der Waals surface area contributed by atoms with E-state index >= 15 is 0 Å². The Balaban J connectivity index is 4.94. The standard InChI is InChI=1S/C55H109NO5/c1-7-13-17-23-35-49(33-15-9-3)37-31-41-51(53(57)58)39-25-19-21-27-43-55(61,45-29-30-48-56(46-11-5)47-12-6)44-28-22-20-26-40-52(54(59)60)42-32-38-50(34-16-10-4)36-24-18-14-8-2/h49-52,61H,7-48H2,1-6H3,(H,57,58)(H,59,60). The topological polar surface area (TPSA) is 98.1 Å². The van der Waals surface area contributed by atoms with Crippen molar-refractivity contribution < 1.29 is 24.9 Å². The van der Waals surface area contributed by atoms with Crippen LogP contribution in [0.1, 0.15) is 292 Å². The molecule has 0 fully saturated rings. The van der Waals surface area contributed by atoms with Crippen LogP contribution in [0.5, 0.6) is 0 Å². The molecule has 0 saturated carbocycles. The number of rotatable bonds is 49. The van der Waals surface area contributed by atoms with Crippen LogP contribution in [0.4, 0.5) is 0 Å². The van der Waals surface area contributed by atoms with E-state index in [1.54, 1.807) is 0 Å². The van der Waals surface area contributed by atoms with E-state index < -0.39 is 17.5 Å². The van der Waals surface area contributed by atoms with Gasteiger partial charge in [-0.3, -0.25) is 9.59 Å². The minimum atomic E-state index is -0.636. The van der Waals surface area contributed by atoms with E-state index in [-0.39, 0.29) is 11.8 Å². The van der Waals surface area contributed by atoms with Crippen molar-refractivity contribution in [2.75, 3.05) is 19.6 Å². The summed E-state index contributed by atoms with van der Waals surface area (Å²) in [6.45, 7) is 17.0. The molecule has 61 heavy (non-hydrogen) atoms. The Hall–Kier alpha value is -1.14. The molecule has 0 aromatic heterocycles. The lowest BCUT2D eigenvalue weighted by Crippen LogP contribution is -2.30. The van der Waals surface area contributed by atoms with Crippen LogP contribution in [-0.4, -0.2) is 57.4 Å². The summed E-state index contributed by atoms with van der Waals surface area (Å²) < 4.78 is 0. The van der Waals surface area contributed by atoms with Gasteiger partial charge in [-0.2, -0.15) is 0 Å². The van der Waals surface area contributed by atoms with Crippen LogP contribution in [0.3, 0.4) is 0 Å². The molecule has 0 aliphatic heterocycles. The number of aliphatic hydroxyl groups is 1. The van der Waals surface area contributed by atoms with Crippen molar-refractivity contribution in [2.24, 2.45) is 23.7 Å². The van der Waals surface area contributed by atoms with Crippen LogP contribution < -0.4 is 0 Å². The lowest BCUT2D eigenvalue weighted by molar-refractivity contribution is -0.143. The molecule has 0 rings (SSSR count). The van der Waals surface area contributed by atoms with Gasteiger partial charge in [-0.25, -0.2) is 0 Å². The number of carboxylic acid groups (broad SMARTS) is 2. The highest BCUT2D eigenvalue weighted by atomic mass is 16.4. The quantitative estimate of drug-likeness (QED) is 0.0527. The lowest BCUT2D eigenvalue weighted by Gasteiger charge is -2.29. The largest absolute Gasteiger partial charge is 0.481 e. The third-order valence-electron chi connectivity index (χ3n) is 14.2. The first kappa shape index (κ1) is 59.9. The number of carboxylic acids is 2. The van der Waals surface area contributed by atoms with Crippen molar-refractivity contribution in [3.8, 4) is 0 Å². The van der Waals surface area contributed by atoms with Gasteiger partial charge in [0.25, 0.3) is 0 Å². The Bertz CT molecular complexity index is 891. The highest BCUT2D eigenvalue weighted by molar-refractivity contribution is 5.70. The van der Waals surface area contributed by atoms with E-state index in [9.17, 15) is 24.9 Å². The van der Waals surface area contributed by atoms with Crippen LogP contribution >= 0.6 is 0 Å². The zero-order valence-electron chi connectivity index (χ0n) is 42.1. The normalized spacial score (nSPS) is 14.9. The summed E-state index contributed by atoms with van der Waals surface area (Å²) >= 11 is 0. The highest BCUT2D eigenvalue weighted by Gasteiger charge is 2.26. The molecule has 0 bridgehead atoms. The molecule has 0 radical (unpaired) electrons. The van der Waals surface area contributed by atoms with Crippen LogP contribution in [0.25, 0.3) is 0 Å². The third kappa shape index (κ3) is 35.8. The number of hydrogen-bond acceptors (Lipinski definition) is 4. The Morgan fingerprint density at radius 2 is 0.672 bits per heavy atom. The first-order valence-corrected chi connectivity index (χ1v) is 27.5. The first-order chi connectivity index (χ1) is 29.6. The molecule has 0 amide bonds. The van der Waals surface area contributed by atoms with E-state index in [1.165, 1.54) is 128 Å². The molecule has 6 heteroatoms. The fourth-order valence-corrected chi connectivity index (χ4v) is 10.2. The molecule has 3 N–H and O–H groups in total. The predicted octanol–water partition coefficient (Wildman–Crippen LogP) is 17.0. The summed E-state index contributed by atoms with van der Waals surface area (Å²) in [4.78, 5) is 27.0. The average molecular weight is 864 g/mol. The minimum absolute atomic E-state index is 0.220. The number of unbranched alkanes of at least 4 members (excludes halogenated alkanes) is 15. The first-order valence-electron chi connectivity index (χ1n) is 27.5. The van der Waals surface area contributed by atoms with Gasteiger partial charge in [0.15, 0.2) is 0 Å². The fourth-order valence-electron chi connectivity index (χ4n) is 10.2. The number of nitrogens with zero attached hydrogens (tertiary/aromatic N) is 1. The zero-order chi connectivity index (χ0) is 45.2. The van der Waals surface area contributed by atoms with Crippen LogP contribution in [0, 0.1) is 23.7 Å². The second-order valence-electron chi connectivity index (χ2n) is 20.1. The van der Waals surface area contributed by atoms with Gasteiger partial charge in [0.05, 0.1) is 17.4 Å². The van der Waals surface area contributed by atoms with Gasteiger partial charge in [0, 0.05) is 0 Å². The molecule has 0 saturated heterocycles. The molecule has 0 aliphatic carbocycles. The molecule has 0 aromatic carbocycles. The molecular formula is C55H109NO5. The second kappa shape index (κ2) is 42.8. The minimum Gasteiger partial charge on any atom is -0.481 e. The summed E-state index contributed by atoms with van der Waals surface area (Å²) in [5, 5.41) is 32.1. The van der Waals surface area contributed by atoms with Gasteiger partial charge in [0.1, 0.15) is 0 Å². The summed E-state index contributed by atoms with van der Waals surface area (Å²) in [6, 6.07) is 0. The predicted molar refractivity (Wildman–Crippen MR) is 265 cm³/mol. The maximum Gasteiger partial charge on any atom is 0.306 e. The SMILES string of the molecule is CCCCCCC(CCCC)CCCC(CCCCCCC(O)(CCCCCCC(CCCC(CCCC)CCCCCC)C(=O)O)CCCCN(CCC)CCC)C(=O)O. The van der Waals surface area contributed by atoms with Crippen LogP contribution in [0.2, 0.25) is 0 Å². The van der Waals surface area contributed by atoms with Crippen molar-refractivity contribution in [3.05, 3.63) is 0 Å². The number of carbonyl (C=O) groups is 2. The number of aliphatic carboxylic acids is 2. The molecule has 0 aliphatic rings. The molecule has 6 nitrogen and oxygen atoms in total. The molecule has 4 unspecified atom stereocenters. The van der Waals surface area contributed by atoms with E-state index in [0.29, 0.717) is 0 Å². The van der Waals surface area contributed by atoms with Gasteiger partial charge in [-0.05, 0) is 102 Å². The average Bonchev–Trinajstić information content (AvgIpc) is 3.24. The van der Waals surface area contributed by atoms with Crippen LogP contribution in [-0.2, 0) is 9.59 Å². The third-order valence-corrected chi connectivity index (χ3v) is 14.2. The summed E-state index contributed by atoms with van der Waals surface area (Å²) in [6.07, 6.45) is 43.7. The maximum absolute atomic E-state index is 12.2. The van der Waals surface area contributed by atoms with Crippen molar-refractivity contribution >= 4 is 11.9 Å². The summed E-state index contributed by atoms with van der Waals surface area (Å²) in [5.41, 5.74) is -0.636. The van der Waals surface area contributed by atoms with Gasteiger partial charge >= 0.3 is 11.9 Å². The van der Waals surface area contributed by atoms with Crippen molar-refractivity contribution in [3.63, 3.8) is 0 Å². The van der Waals surface area contributed by atoms with Crippen molar-refractivity contribution in [2.45, 2.75) is 298 Å². The van der Waals surface area contributed by atoms with Gasteiger partial charge in [-0.15, -0.1) is 0 Å². The van der Waals surface area contributed by atoms with E-state index in [4.69, 9.17) is 0 Å².